The number of rotatable bonds is 7. The Morgan fingerprint density at radius 2 is 1.91 bits per heavy atom. The number of hydrogen-bond donors (Lipinski definition) is 2. The lowest BCUT2D eigenvalue weighted by atomic mass is 10.2. The summed E-state index contributed by atoms with van der Waals surface area (Å²) in [4.78, 5) is 2.17. The smallest absolute Gasteiger partial charge is 0.241 e. The molecule has 0 aromatic carbocycles. The lowest BCUT2D eigenvalue weighted by Crippen LogP contribution is -2.29. The number of thiophene rings is 1. The van der Waals surface area contributed by atoms with Crippen molar-refractivity contribution in [2.24, 2.45) is 0 Å². The van der Waals surface area contributed by atoms with Crippen LogP contribution in [0.1, 0.15) is 34.5 Å². The molecule has 0 radical (unpaired) electrons. The summed E-state index contributed by atoms with van der Waals surface area (Å²) in [6, 6.07) is 1.70. The van der Waals surface area contributed by atoms with Gasteiger partial charge in [-0.15, -0.1) is 21.5 Å². The zero-order valence-electron chi connectivity index (χ0n) is 13.0. The summed E-state index contributed by atoms with van der Waals surface area (Å²) >= 11 is 2.98. The van der Waals surface area contributed by atoms with Gasteiger partial charge in [0.25, 0.3) is 0 Å². The predicted octanol–water partition coefficient (Wildman–Crippen LogP) is 2.73. The lowest BCUT2D eigenvalue weighted by molar-refractivity contribution is 0.582. The molecule has 2 heterocycles. The Balaban J connectivity index is 1.86. The van der Waals surface area contributed by atoms with Gasteiger partial charge in [0.2, 0.25) is 15.2 Å². The highest BCUT2D eigenvalue weighted by molar-refractivity contribution is 7.89. The first kappa shape index (κ1) is 17.3. The van der Waals surface area contributed by atoms with Crippen LogP contribution in [0, 0.1) is 13.8 Å². The third kappa shape index (κ3) is 4.25. The molecule has 9 heteroatoms. The molecule has 2 aromatic rings. The maximum absolute atomic E-state index is 12.2. The molecule has 2 rings (SSSR count). The predicted molar refractivity (Wildman–Crippen MR) is 91.5 cm³/mol. The van der Waals surface area contributed by atoms with Gasteiger partial charge in [0, 0.05) is 28.8 Å². The van der Waals surface area contributed by atoms with Crippen molar-refractivity contribution < 1.29 is 8.42 Å². The summed E-state index contributed by atoms with van der Waals surface area (Å²) in [7, 11) is -3.44. The first-order valence-electron chi connectivity index (χ1n) is 6.93. The SMILES string of the molecule is Cc1cc(S(=O)(=O)NCCNc2nnc(C(C)C)s2)c(C)s1. The second-order valence-corrected chi connectivity index (χ2v) is 9.41. The van der Waals surface area contributed by atoms with E-state index in [0.29, 0.717) is 29.0 Å². The molecule has 0 unspecified atom stereocenters. The minimum atomic E-state index is -3.44. The summed E-state index contributed by atoms with van der Waals surface area (Å²) in [6.45, 7) is 8.60. The van der Waals surface area contributed by atoms with Gasteiger partial charge in [-0.05, 0) is 19.9 Å². The fourth-order valence-electron chi connectivity index (χ4n) is 1.85. The van der Waals surface area contributed by atoms with E-state index in [1.54, 1.807) is 6.07 Å². The molecule has 0 aliphatic carbocycles. The van der Waals surface area contributed by atoms with E-state index in [9.17, 15) is 8.42 Å². The van der Waals surface area contributed by atoms with Gasteiger partial charge in [-0.1, -0.05) is 25.2 Å². The monoisotopic (exact) mass is 360 g/mol. The molecule has 0 saturated heterocycles. The van der Waals surface area contributed by atoms with E-state index in [1.807, 2.05) is 13.8 Å². The Labute approximate surface area is 139 Å². The van der Waals surface area contributed by atoms with Crippen molar-refractivity contribution in [3.63, 3.8) is 0 Å². The number of hydrogen-bond acceptors (Lipinski definition) is 7. The first-order valence-corrected chi connectivity index (χ1v) is 10.0. The van der Waals surface area contributed by atoms with E-state index in [2.05, 4.69) is 34.1 Å². The van der Waals surface area contributed by atoms with Crippen molar-refractivity contribution in [2.75, 3.05) is 18.4 Å². The number of aromatic nitrogens is 2. The molecular weight excluding hydrogens is 340 g/mol. The van der Waals surface area contributed by atoms with Crippen molar-refractivity contribution in [3.8, 4) is 0 Å². The summed E-state index contributed by atoms with van der Waals surface area (Å²) in [5, 5.41) is 12.9. The number of aryl methyl sites for hydroxylation is 2. The van der Waals surface area contributed by atoms with Crippen LogP contribution in [0.2, 0.25) is 0 Å². The van der Waals surface area contributed by atoms with Gasteiger partial charge < -0.3 is 5.32 Å². The van der Waals surface area contributed by atoms with Crippen LogP contribution in [0.5, 0.6) is 0 Å². The standard InChI is InChI=1S/C13H20N4O2S3/c1-8(2)12-16-17-13(21-12)14-5-6-15-22(18,19)11-7-9(3)20-10(11)4/h7-8,15H,5-6H2,1-4H3,(H,14,17). The highest BCUT2D eigenvalue weighted by atomic mass is 32.2. The van der Waals surface area contributed by atoms with E-state index in [0.717, 1.165) is 14.8 Å². The molecule has 0 aliphatic heterocycles. The summed E-state index contributed by atoms with van der Waals surface area (Å²) < 4.78 is 27.0. The summed E-state index contributed by atoms with van der Waals surface area (Å²) in [5.74, 6) is 0.344. The van der Waals surface area contributed by atoms with Crippen LogP contribution < -0.4 is 10.0 Å². The fraction of sp³-hybridized carbons (Fsp3) is 0.538. The maximum atomic E-state index is 12.2. The van der Waals surface area contributed by atoms with Crippen LogP contribution in [0.3, 0.4) is 0 Å². The van der Waals surface area contributed by atoms with Gasteiger partial charge in [0.05, 0.1) is 4.90 Å². The molecule has 0 saturated carbocycles. The molecule has 0 spiro atoms. The zero-order valence-corrected chi connectivity index (χ0v) is 15.5. The number of sulfonamides is 1. The van der Waals surface area contributed by atoms with Gasteiger partial charge >= 0.3 is 0 Å². The van der Waals surface area contributed by atoms with Gasteiger partial charge in [0.15, 0.2) is 0 Å². The molecular formula is C13H20N4O2S3. The molecule has 6 nitrogen and oxygen atoms in total. The van der Waals surface area contributed by atoms with Crippen LogP contribution in [-0.2, 0) is 10.0 Å². The summed E-state index contributed by atoms with van der Waals surface area (Å²) in [6.07, 6.45) is 0. The van der Waals surface area contributed by atoms with Crippen molar-refractivity contribution in [2.45, 2.75) is 38.5 Å². The molecule has 122 valence electrons. The molecule has 0 aliphatic rings. The number of anilines is 1. The van der Waals surface area contributed by atoms with Crippen LogP contribution in [0.15, 0.2) is 11.0 Å². The number of nitrogens with one attached hydrogen (secondary N) is 2. The molecule has 0 atom stereocenters. The topological polar surface area (TPSA) is 84.0 Å². The van der Waals surface area contributed by atoms with Crippen molar-refractivity contribution in [1.29, 1.82) is 0 Å². The van der Waals surface area contributed by atoms with Gasteiger partial charge in [0.1, 0.15) is 5.01 Å². The number of nitrogens with zero attached hydrogens (tertiary/aromatic N) is 2. The normalized spacial score (nSPS) is 12.0. The quantitative estimate of drug-likeness (QED) is 0.742. The first-order chi connectivity index (χ1) is 10.3. The second-order valence-electron chi connectivity index (χ2n) is 5.20. The molecule has 0 amide bonds. The van der Waals surface area contributed by atoms with E-state index < -0.39 is 10.0 Å². The second kappa shape index (κ2) is 7.03. The molecule has 0 fully saturated rings. The highest BCUT2D eigenvalue weighted by Crippen LogP contribution is 2.24. The maximum Gasteiger partial charge on any atom is 0.241 e. The minimum Gasteiger partial charge on any atom is -0.359 e. The molecule has 2 aromatic heterocycles. The van der Waals surface area contributed by atoms with Gasteiger partial charge in [-0.25, -0.2) is 13.1 Å². The van der Waals surface area contributed by atoms with E-state index in [1.165, 1.54) is 22.7 Å². The fourth-order valence-corrected chi connectivity index (χ4v) is 5.20. The van der Waals surface area contributed by atoms with Gasteiger partial charge in [-0.2, -0.15) is 0 Å². The van der Waals surface area contributed by atoms with E-state index >= 15 is 0 Å². The minimum absolute atomic E-state index is 0.299. The van der Waals surface area contributed by atoms with Crippen LogP contribution in [0.4, 0.5) is 5.13 Å². The van der Waals surface area contributed by atoms with Crippen molar-refractivity contribution in [3.05, 3.63) is 20.8 Å². The van der Waals surface area contributed by atoms with Crippen molar-refractivity contribution >= 4 is 37.8 Å². The molecule has 0 bridgehead atoms. The van der Waals surface area contributed by atoms with Crippen LogP contribution in [0.25, 0.3) is 0 Å². The lowest BCUT2D eigenvalue weighted by Gasteiger charge is -2.06. The highest BCUT2D eigenvalue weighted by Gasteiger charge is 2.18. The molecule has 22 heavy (non-hydrogen) atoms. The Morgan fingerprint density at radius 3 is 2.45 bits per heavy atom. The largest absolute Gasteiger partial charge is 0.359 e. The van der Waals surface area contributed by atoms with Crippen molar-refractivity contribution in [1.82, 2.24) is 14.9 Å². The summed E-state index contributed by atoms with van der Waals surface area (Å²) in [5.41, 5.74) is 0. The third-order valence-electron chi connectivity index (χ3n) is 2.91. The third-order valence-corrected chi connectivity index (χ3v) is 6.78. The molecule has 2 N–H and O–H groups in total. The average Bonchev–Trinajstić information content (AvgIpc) is 3.02. The Hall–Kier alpha value is -1.03. The average molecular weight is 361 g/mol. The van der Waals surface area contributed by atoms with Crippen LogP contribution in [-0.4, -0.2) is 31.7 Å². The van der Waals surface area contributed by atoms with E-state index in [4.69, 9.17) is 0 Å². The Morgan fingerprint density at radius 1 is 1.18 bits per heavy atom. The van der Waals surface area contributed by atoms with Gasteiger partial charge in [-0.3, -0.25) is 0 Å². The Kier molecular flexibility index (Phi) is 5.54. The van der Waals surface area contributed by atoms with E-state index in [-0.39, 0.29) is 0 Å². The zero-order chi connectivity index (χ0) is 16.3. The van der Waals surface area contributed by atoms with Crippen LogP contribution >= 0.6 is 22.7 Å². The Bertz CT molecular complexity index is 734.